The van der Waals surface area contributed by atoms with Crippen LogP contribution in [0.25, 0.3) is 0 Å². The number of methoxy groups -OCH3 is 1. The van der Waals surface area contributed by atoms with Gasteiger partial charge < -0.3 is 18.9 Å². The fraction of sp³-hybridized carbons (Fsp3) is 0.588. The minimum atomic E-state index is -5.03. The minimum Gasteiger partial charge on any atom is -0.489 e. The molecule has 10 heteroatoms. The van der Waals surface area contributed by atoms with Crippen molar-refractivity contribution >= 4 is 11.9 Å². The van der Waals surface area contributed by atoms with Crippen LogP contribution in [0.3, 0.4) is 0 Å². The highest BCUT2D eigenvalue weighted by molar-refractivity contribution is 6.02. The summed E-state index contributed by atoms with van der Waals surface area (Å²) in [7, 11) is 1.03. The lowest BCUT2D eigenvalue weighted by molar-refractivity contribution is -0.142. The molecule has 0 aliphatic carbocycles. The van der Waals surface area contributed by atoms with Gasteiger partial charge in [0.05, 0.1) is 25.9 Å². The van der Waals surface area contributed by atoms with E-state index in [-0.39, 0.29) is 6.61 Å². The fourth-order valence-electron chi connectivity index (χ4n) is 2.08. The molecule has 0 radical (unpaired) electrons. The number of esters is 2. The van der Waals surface area contributed by atoms with Gasteiger partial charge in [0.2, 0.25) is 5.88 Å². The molecule has 0 saturated carbocycles. The minimum absolute atomic E-state index is 0.185. The van der Waals surface area contributed by atoms with Crippen LogP contribution in [0.5, 0.6) is 11.6 Å². The fourth-order valence-corrected chi connectivity index (χ4v) is 2.08. The zero-order valence-electron chi connectivity index (χ0n) is 15.9. The summed E-state index contributed by atoms with van der Waals surface area (Å²) in [5.74, 6) is -3.68. The van der Waals surface area contributed by atoms with Crippen molar-refractivity contribution < 1.29 is 41.7 Å². The molecule has 0 amide bonds. The Kier molecular flexibility index (Phi) is 7.44. The number of ether oxygens (including phenoxy) is 4. The Labute approximate surface area is 154 Å². The number of aromatic nitrogens is 1. The van der Waals surface area contributed by atoms with E-state index in [1.54, 1.807) is 0 Å². The van der Waals surface area contributed by atoms with Crippen LogP contribution in [-0.4, -0.2) is 42.8 Å². The summed E-state index contributed by atoms with van der Waals surface area (Å²) >= 11 is 0. The monoisotopic (exact) mass is 393 g/mol. The molecule has 0 N–H and O–H groups in total. The predicted molar refractivity (Wildman–Crippen MR) is 88.1 cm³/mol. The van der Waals surface area contributed by atoms with E-state index in [0.717, 1.165) is 7.11 Å². The molecule has 0 fully saturated rings. The Morgan fingerprint density at radius 2 is 1.56 bits per heavy atom. The molecule has 152 valence electrons. The SMILES string of the molecule is CCOC(=O)c1c(C(F)(F)F)nc(OC(C)C)c(C(=O)OC)c1OC(C)C. The molecule has 0 bridgehead atoms. The van der Waals surface area contributed by atoms with Gasteiger partial charge in [-0.1, -0.05) is 0 Å². The molecule has 0 atom stereocenters. The molecule has 27 heavy (non-hydrogen) atoms. The predicted octanol–water partition coefficient (Wildman–Crippen LogP) is 3.64. The van der Waals surface area contributed by atoms with Gasteiger partial charge in [0, 0.05) is 0 Å². The van der Waals surface area contributed by atoms with E-state index in [2.05, 4.69) is 9.72 Å². The van der Waals surface area contributed by atoms with Crippen molar-refractivity contribution in [1.82, 2.24) is 4.98 Å². The highest BCUT2D eigenvalue weighted by Gasteiger charge is 2.44. The van der Waals surface area contributed by atoms with Crippen molar-refractivity contribution in [3.8, 4) is 11.6 Å². The quantitative estimate of drug-likeness (QED) is 0.654. The molecule has 1 aromatic heterocycles. The molecular formula is C17H22F3NO6. The Morgan fingerprint density at radius 1 is 1.00 bits per heavy atom. The lowest BCUT2D eigenvalue weighted by Gasteiger charge is -2.22. The highest BCUT2D eigenvalue weighted by atomic mass is 19.4. The molecule has 0 unspecified atom stereocenters. The Morgan fingerprint density at radius 3 is 1.96 bits per heavy atom. The number of hydrogen-bond acceptors (Lipinski definition) is 7. The van der Waals surface area contributed by atoms with Gasteiger partial charge in [-0.25, -0.2) is 14.6 Å². The van der Waals surface area contributed by atoms with Crippen molar-refractivity contribution in [2.75, 3.05) is 13.7 Å². The molecule has 7 nitrogen and oxygen atoms in total. The van der Waals surface area contributed by atoms with E-state index in [9.17, 15) is 22.8 Å². The van der Waals surface area contributed by atoms with Crippen molar-refractivity contribution in [3.05, 3.63) is 16.8 Å². The standard InChI is InChI=1S/C17H22F3NO6/c1-7-25-16(23)10-12(26-8(2)3)11(15(22)24-6)14(27-9(4)5)21-13(10)17(18,19)20/h8-9H,7H2,1-6H3. The zero-order chi connectivity index (χ0) is 20.9. The first-order valence-corrected chi connectivity index (χ1v) is 8.17. The molecule has 1 rings (SSSR count). The lowest BCUT2D eigenvalue weighted by Crippen LogP contribution is -2.25. The average molecular weight is 393 g/mol. The smallest absolute Gasteiger partial charge is 0.434 e. The van der Waals surface area contributed by atoms with Gasteiger partial charge in [-0.15, -0.1) is 0 Å². The Bertz CT molecular complexity index is 701. The van der Waals surface area contributed by atoms with Gasteiger partial charge in [0.25, 0.3) is 0 Å². The maximum atomic E-state index is 13.6. The summed E-state index contributed by atoms with van der Waals surface area (Å²) in [6.45, 7) is 7.36. The van der Waals surface area contributed by atoms with E-state index in [4.69, 9.17) is 14.2 Å². The van der Waals surface area contributed by atoms with Crippen molar-refractivity contribution in [2.24, 2.45) is 0 Å². The number of rotatable bonds is 7. The van der Waals surface area contributed by atoms with Gasteiger partial charge in [0.15, 0.2) is 17.0 Å². The summed E-state index contributed by atoms with van der Waals surface area (Å²) < 4.78 is 60.8. The number of carbonyl (C=O) groups is 2. The van der Waals surface area contributed by atoms with Crippen LogP contribution in [0, 0.1) is 0 Å². The summed E-state index contributed by atoms with van der Waals surface area (Å²) in [4.78, 5) is 27.9. The van der Waals surface area contributed by atoms with Crippen LogP contribution in [0.1, 0.15) is 61.0 Å². The second-order valence-corrected chi connectivity index (χ2v) is 5.89. The highest BCUT2D eigenvalue weighted by Crippen LogP contribution is 2.41. The number of nitrogens with zero attached hydrogens (tertiary/aromatic N) is 1. The number of pyridine rings is 1. The molecular weight excluding hydrogens is 371 g/mol. The van der Waals surface area contributed by atoms with E-state index in [1.165, 1.54) is 34.6 Å². The van der Waals surface area contributed by atoms with Crippen molar-refractivity contribution in [2.45, 2.75) is 53.0 Å². The second kappa shape index (κ2) is 8.92. The first-order chi connectivity index (χ1) is 12.4. The van der Waals surface area contributed by atoms with E-state index in [0.29, 0.717) is 0 Å². The van der Waals surface area contributed by atoms with Crippen LogP contribution >= 0.6 is 0 Å². The first kappa shape index (κ1) is 22.5. The number of halogens is 3. The largest absolute Gasteiger partial charge is 0.489 e. The summed E-state index contributed by atoms with van der Waals surface area (Å²) in [5, 5.41) is 0. The third kappa shape index (κ3) is 5.48. The average Bonchev–Trinajstić information content (AvgIpc) is 2.52. The van der Waals surface area contributed by atoms with Crippen LogP contribution in [-0.2, 0) is 15.7 Å². The molecule has 0 aromatic carbocycles. The molecule has 0 aliphatic heterocycles. The molecule has 0 saturated heterocycles. The summed E-state index contributed by atoms with van der Waals surface area (Å²) in [5.41, 5.74) is -3.09. The topological polar surface area (TPSA) is 84.0 Å². The second-order valence-electron chi connectivity index (χ2n) is 5.89. The van der Waals surface area contributed by atoms with Crippen LogP contribution in [0.4, 0.5) is 13.2 Å². The summed E-state index contributed by atoms with van der Waals surface area (Å²) in [6, 6.07) is 0. The van der Waals surface area contributed by atoms with Gasteiger partial charge in [0.1, 0.15) is 5.56 Å². The molecule has 1 heterocycles. The Hall–Kier alpha value is -2.52. The maximum absolute atomic E-state index is 13.6. The third-order valence-corrected chi connectivity index (χ3v) is 2.96. The Balaban J connectivity index is 3.99. The normalized spacial score (nSPS) is 11.5. The molecule has 0 aliphatic rings. The molecule has 1 aromatic rings. The lowest BCUT2D eigenvalue weighted by atomic mass is 10.1. The maximum Gasteiger partial charge on any atom is 0.434 e. The van der Waals surface area contributed by atoms with E-state index < -0.39 is 58.8 Å². The number of carbonyl (C=O) groups excluding carboxylic acids is 2. The van der Waals surface area contributed by atoms with Gasteiger partial charge >= 0.3 is 18.1 Å². The molecule has 0 spiro atoms. The third-order valence-electron chi connectivity index (χ3n) is 2.96. The summed E-state index contributed by atoms with van der Waals surface area (Å²) in [6.07, 6.45) is -6.31. The van der Waals surface area contributed by atoms with Gasteiger partial charge in [-0.2, -0.15) is 13.2 Å². The first-order valence-electron chi connectivity index (χ1n) is 8.17. The van der Waals surface area contributed by atoms with Crippen LogP contribution in [0.15, 0.2) is 0 Å². The van der Waals surface area contributed by atoms with Crippen LogP contribution in [0.2, 0.25) is 0 Å². The van der Waals surface area contributed by atoms with Crippen molar-refractivity contribution in [3.63, 3.8) is 0 Å². The van der Waals surface area contributed by atoms with Gasteiger partial charge in [-0.3, -0.25) is 0 Å². The van der Waals surface area contributed by atoms with Gasteiger partial charge in [-0.05, 0) is 34.6 Å². The van der Waals surface area contributed by atoms with E-state index in [1.807, 2.05) is 0 Å². The number of alkyl halides is 3. The zero-order valence-corrected chi connectivity index (χ0v) is 15.9. The number of hydrogen-bond donors (Lipinski definition) is 0. The van der Waals surface area contributed by atoms with E-state index >= 15 is 0 Å². The van der Waals surface area contributed by atoms with Crippen LogP contribution < -0.4 is 9.47 Å². The van der Waals surface area contributed by atoms with Crippen molar-refractivity contribution in [1.29, 1.82) is 0 Å².